The van der Waals surface area contributed by atoms with Gasteiger partial charge in [-0.15, -0.1) is 0 Å². The Labute approximate surface area is 187 Å². The van der Waals surface area contributed by atoms with E-state index < -0.39 is 0 Å². The van der Waals surface area contributed by atoms with Crippen molar-refractivity contribution in [1.82, 2.24) is 9.97 Å². The van der Waals surface area contributed by atoms with Crippen LogP contribution < -0.4 is 9.47 Å². The first-order chi connectivity index (χ1) is 15.6. The topological polar surface area (TPSA) is 44.2 Å². The summed E-state index contributed by atoms with van der Waals surface area (Å²) < 4.78 is 10.6. The molecule has 0 amide bonds. The van der Waals surface area contributed by atoms with Gasteiger partial charge in [0.15, 0.2) is 0 Å². The van der Waals surface area contributed by atoms with E-state index in [0.717, 1.165) is 66.9 Å². The third-order valence-corrected chi connectivity index (χ3v) is 5.95. The van der Waals surface area contributed by atoms with Crippen LogP contribution in [0.25, 0.3) is 44.1 Å². The second kappa shape index (κ2) is 7.97. The molecule has 0 unspecified atom stereocenters. The van der Waals surface area contributed by atoms with Gasteiger partial charge in [0, 0.05) is 33.3 Å². The first-order valence-electron chi connectivity index (χ1n) is 10.6. The van der Waals surface area contributed by atoms with Crippen molar-refractivity contribution in [3.63, 3.8) is 0 Å². The summed E-state index contributed by atoms with van der Waals surface area (Å²) >= 11 is 0. The average Bonchev–Trinajstić information content (AvgIpc) is 2.83. The van der Waals surface area contributed by atoms with Crippen molar-refractivity contribution < 1.29 is 9.47 Å². The van der Waals surface area contributed by atoms with Gasteiger partial charge in [0.25, 0.3) is 0 Å². The molecule has 0 aliphatic carbocycles. The fourth-order valence-corrected chi connectivity index (χ4v) is 4.18. The largest absolute Gasteiger partial charge is 0.497 e. The summed E-state index contributed by atoms with van der Waals surface area (Å²) in [7, 11) is 3.36. The quantitative estimate of drug-likeness (QED) is 0.302. The van der Waals surface area contributed by atoms with E-state index in [-0.39, 0.29) is 0 Å². The first kappa shape index (κ1) is 20.0. The van der Waals surface area contributed by atoms with Crippen molar-refractivity contribution in [2.24, 2.45) is 0 Å². The van der Waals surface area contributed by atoms with E-state index in [0.29, 0.717) is 0 Å². The second-order valence-electron chi connectivity index (χ2n) is 7.91. The van der Waals surface area contributed by atoms with E-state index in [1.807, 2.05) is 24.3 Å². The Morgan fingerprint density at radius 2 is 0.906 bits per heavy atom. The smallest absolute Gasteiger partial charge is 0.118 e. The van der Waals surface area contributed by atoms with Crippen LogP contribution in [0.3, 0.4) is 0 Å². The molecule has 5 aromatic rings. The molecule has 0 fully saturated rings. The standard InChI is InChI=1S/C28H24N2O2/c1-17-25(19-7-11-23(31-3)12-8-19)15-21-5-6-22-16-26(18(2)30-28(22)27(21)29-17)20-9-13-24(32-4)14-10-20/h5-16H,1-4H3. The van der Waals surface area contributed by atoms with Gasteiger partial charge in [-0.05, 0) is 61.4 Å². The summed E-state index contributed by atoms with van der Waals surface area (Å²) in [4.78, 5) is 9.96. The van der Waals surface area contributed by atoms with Crippen LogP contribution in [0.5, 0.6) is 11.5 Å². The molecule has 158 valence electrons. The van der Waals surface area contributed by atoms with Crippen LogP contribution in [0.15, 0.2) is 72.8 Å². The zero-order valence-corrected chi connectivity index (χ0v) is 18.6. The minimum Gasteiger partial charge on any atom is -0.497 e. The normalized spacial score (nSPS) is 11.1. The van der Waals surface area contributed by atoms with E-state index in [9.17, 15) is 0 Å². The molecule has 4 nitrogen and oxygen atoms in total. The Morgan fingerprint density at radius 3 is 1.25 bits per heavy atom. The molecule has 4 heteroatoms. The summed E-state index contributed by atoms with van der Waals surface area (Å²) in [6.45, 7) is 4.10. The van der Waals surface area contributed by atoms with Crippen molar-refractivity contribution in [2.45, 2.75) is 13.8 Å². The molecule has 5 rings (SSSR count). The van der Waals surface area contributed by atoms with E-state index in [2.05, 4.69) is 62.4 Å². The van der Waals surface area contributed by atoms with Crippen molar-refractivity contribution in [1.29, 1.82) is 0 Å². The Morgan fingerprint density at radius 1 is 0.531 bits per heavy atom. The lowest BCUT2D eigenvalue weighted by molar-refractivity contribution is 0.415. The zero-order valence-electron chi connectivity index (χ0n) is 18.6. The van der Waals surface area contributed by atoms with Gasteiger partial charge in [-0.3, -0.25) is 9.97 Å². The maximum atomic E-state index is 5.29. The molecular formula is C28H24N2O2. The molecule has 0 saturated heterocycles. The van der Waals surface area contributed by atoms with Gasteiger partial charge < -0.3 is 9.47 Å². The number of fused-ring (bicyclic) bond motifs is 3. The number of rotatable bonds is 4. The molecule has 0 aliphatic heterocycles. The number of benzene rings is 3. The van der Waals surface area contributed by atoms with E-state index in [1.165, 1.54) is 0 Å². The number of methoxy groups -OCH3 is 2. The predicted octanol–water partition coefficient (Wildman–Crippen LogP) is 6.75. The van der Waals surface area contributed by atoms with E-state index in [4.69, 9.17) is 19.4 Å². The monoisotopic (exact) mass is 420 g/mol. The number of nitrogens with zero attached hydrogens (tertiary/aromatic N) is 2. The Hall–Kier alpha value is -3.92. The summed E-state index contributed by atoms with van der Waals surface area (Å²) in [6, 6.07) is 24.8. The van der Waals surface area contributed by atoms with Crippen molar-refractivity contribution in [3.05, 3.63) is 84.2 Å². The Bertz CT molecular complexity index is 1330. The molecule has 2 aromatic heterocycles. The first-order valence-corrected chi connectivity index (χ1v) is 10.6. The SMILES string of the molecule is COc1ccc(-c2cc3ccc4cc(-c5ccc(OC)cc5)c(C)nc4c3nc2C)cc1. The van der Waals surface area contributed by atoms with E-state index in [1.54, 1.807) is 14.2 Å². The number of ether oxygens (including phenoxy) is 2. The lowest BCUT2D eigenvalue weighted by Gasteiger charge is -2.12. The summed E-state index contributed by atoms with van der Waals surface area (Å²) in [5.41, 5.74) is 8.30. The van der Waals surface area contributed by atoms with Gasteiger partial charge in [0.2, 0.25) is 0 Å². The molecule has 32 heavy (non-hydrogen) atoms. The van der Waals surface area contributed by atoms with Crippen molar-refractivity contribution in [3.8, 4) is 33.8 Å². The molecule has 0 saturated carbocycles. The molecular weight excluding hydrogens is 396 g/mol. The lowest BCUT2D eigenvalue weighted by Crippen LogP contribution is -1.95. The maximum absolute atomic E-state index is 5.29. The molecule has 0 bridgehead atoms. The lowest BCUT2D eigenvalue weighted by atomic mass is 9.98. The number of aromatic nitrogens is 2. The van der Waals surface area contributed by atoms with Crippen LogP contribution in [0, 0.1) is 13.8 Å². The molecule has 0 atom stereocenters. The van der Waals surface area contributed by atoms with Crippen LogP contribution >= 0.6 is 0 Å². The van der Waals surface area contributed by atoms with Crippen LogP contribution in [-0.4, -0.2) is 24.2 Å². The molecule has 2 heterocycles. The highest BCUT2D eigenvalue weighted by atomic mass is 16.5. The maximum Gasteiger partial charge on any atom is 0.118 e. The minimum atomic E-state index is 0.846. The van der Waals surface area contributed by atoms with Gasteiger partial charge in [-0.25, -0.2) is 0 Å². The van der Waals surface area contributed by atoms with Gasteiger partial charge in [0.1, 0.15) is 11.5 Å². The highest BCUT2D eigenvalue weighted by molar-refractivity contribution is 6.05. The van der Waals surface area contributed by atoms with E-state index >= 15 is 0 Å². The predicted molar refractivity (Wildman–Crippen MR) is 130 cm³/mol. The second-order valence-corrected chi connectivity index (χ2v) is 7.91. The minimum absolute atomic E-state index is 0.846. The average molecular weight is 421 g/mol. The van der Waals surface area contributed by atoms with Gasteiger partial charge in [-0.2, -0.15) is 0 Å². The molecule has 3 aromatic carbocycles. The Kier molecular flexibility index (Phi) is 4.98. The molecule has 0 radical (unpaired) electrons. The van der Waals surface area contributed by atoms with Crippen molar-refractivity contribution >= 4 is 21.8 Å². The fraction of sp³-hybridized carbons (Fsp3) is 0.143. The van der Waals surface area contributed by atoms with Gasteiger partial charge >= 0.3 is 0 Å². The van der Waals surface area contributed by atoms with Crippen LogP contribution in [0.2, 0.25) is 0 Å². The van der Waals surface area contributed by atoms with Gasteiger partial charge in [0.05, 0.1) is 25.3 Å². The summed E-state index contributed by atoms with van der Waals surface area (Å²) in [5.74, 6) is 1.69. The third-order valence-electron chi connectivity index (χ3n) is 5.95. The van der Waals surface area contributed by atoms with Crippen LogP contribution in [0.4, 0.5) is 0 Å². The highest BCUT2D eigenvalue weighted by Gasteiger charge is 2.12. The molecule has 0 N–H and O–H groups in total. The summed E-state index contributed by atoms with van der Waals surface area (Å²) in [5, 5.41) is 2.16. The van der Waals surface area contributed by atoms with Crippen LogP contribution in [-0.2, 0) is 0 Å². The zero-order chi connectivity index (χ0) is 22.2. The molecule has 0 spiro atoms. The molecule has 0 aliphatic rings. The Balaban J connectivity index is 1.64. The number of hydrogen-bond acceptors (Lipinski definition) is 4. The number of hydrogen-bond donors (Lipinski definition) is 0. The van der Waals surface area contributed by atoms with Gasteiger partial charge in [-0.1, -0.05) is 36.4 Å². The van der Waals surface area contributed by atoms with Crippen LogP contribution in [0.1, 0.15) is 11.4 Å². The number of pyridine rings is 2. The fourth-order valence-electron chi connectivity index (χ4n) is 4.18. The third kappa shape index (κ3) is 3.44. The van der Waals surface area contributed by atoms with Crippen molar-refractivity contribution in [2.75, 3.05) is 14.2 Å². The number of aryl methyl sites for hydroxylation is 2. The summed E-state index contributed by atoms with van der Waals surface area (Å²) in [6.07, 6.45) is 0. The highest BCUT2D eigenvalue weighted by Crippen LogP contribution is 2.33.